The molecule has 2 aromatic rings. The summed E-state index contributed by atoms with van der Waals surface area (Å²) in [5.74, 6) is -12.1. The second-order valence-corrected chi connectivity index (χ2v) is 11.5. The van der Waals surface area contributed by atoms with Crippen molar-refractivity contribution in [1.29, 1.82) is 0 Å². The van der Waals surface area contributed by atoms with E-state index in [4.69, 9.17) is 11.6 Å². The summed E-state index contributed by atoms with van der Waals surface area (Å²) in [4.78, 5) is 0.601. The van der Waals surface area contributed by atoms with Gasteiger partial charge in [-0.25, -0.2) is 17.2 Å². The zero-order valence-corrected chi connectivity index (χ0v) is 17.6. The van der Waals surface area contributed by atoms with Crippen LogP contribution in [0.25, 0.3) is 10.9 Å². The average Bonchev–Trinajstić information content (AvgIpc) is 2.99. The smallest absolute Gasteiger partial charge is 0.329 e. The molecule has 2 heterocycles. The van der Waals surface area contributed by atoms with Gasteiger partial charge in [0, 0.05) is 5.41 Å². The minimum atomic E-state index is -4.34. The molecule has 6 rings (SSSR count). The van der Waals surface area contributed by atoms with E-state index in [1.807, 2.05) is 0 Å². The highest BCUT2D eigenvalue weighted by molar-refractivity contribution is 7.91. The highest BCUT2D eigenvalue weighted by atomic mass is 35.5. The van der Waals surface area contributed by atoms with Crippen LogP contribution in [-0.2, 0) is 10.0 Å². The van der Waals surface area contributed by atoms with E-state index in [2.05, 4.69) is 5.10 Å². The fourth-order valence-corrected chi connectivity index (χ4v) is 7.61. The summed E-state index contributed by atoms with van der Waals surface area (Å²) in [6.07, 6.45) is -0.783. The van der Waals surface area contributed by atoms with E-state index in [1.54, 1.807) is 0 Å². The lowest BCUT2D eigenvalue weighted by molar-refractivity contribution is -0.241. The monoisotopic (exact) mass is 487 g/mol. The number of hydrogen-bond donors (Lipinski definition) is 0. The molecule has 3 aliphatic carbocycles. The lowest BCUT2D eigenvalue weighted by atomic mass is 9.41. The minimum Gasteiger partial charge on any atom is -0.342 e. The van der Waals surface area contributed by atoms with E-state index in [1.165, 1.54) is 18.2 Å². The first-order valence-electron chi connectivity index (χ1n) is 9.37. The zero-order chi connectivity index (χ0) is 22.8. The molecule has 0 atom stereocenters. The molecular formula is C18H16ClF6N3O2S. The van der Waals surface area contributed by atoms with Crippen molar-refractivity contribution in [3.05, 3.63) is 23.2 Å². The number of benzene rings is 1. The zero-order valence-electron chi connectivity index (χ0n) is 16.0. The Bertz CT molecular complexity index is 1190. The van der Waals surface area contributed by atoms with E-state index in [0.717, 1.165) is 6.92 Å². The Kier molecular flexibility index (Phi) is 3.84. The van der Waals surface area contributed by atoms with E-state index in [9.17, 15) is 34.8 Å². The SMILES string of the molecule is CC(F)(F)C12CC(S(=O)(=O)n3nc(N4CC(F)(F)C(F)(F)C4)c4c(Cl)cccc43)(C1)C2. The van der Waals surface area contributed by atoms with Crippen molar-refractivity contribution in [3.63, 3.8) is 0 Å². The highest BCUT2D eigenvalue weighted by Crippen LogP contribution is 2.76. The second kappa shape index (κ2) is 5.62. The number of nitrogens with zero attached hydrogens (tertiary/aromatic N) is 3. The van der Waals surface area contributed by atoms with Crippen LogP contribution in [0.4, 0.5) is 32.2 Å². The molecule has 0 spiro atoms. The van der Waals surface area contributed by atoms with Gasteiger partial charge in [0.25, 0.3) is 15.9 Å². The standard InChI is InChI=1S/C18H16ClF6N3O2S/c1-14(20,21)15-5-16(6-15,7-15)31(29,30)28-11-4-2-3-10(19)12(11)13(26-28)27-8-17(22,23)18(24,25)9-27/h2-4H,5-9H2,1H3. The van der Waals surface area contributed by atoms with Gasteiger partial charge < -0.3 is 4.90 Å². The Labute approximate surface area is 178 Å². The van der Waals surface area contributed by atoms with Crippen LogP contribution in [0.3, 0.4) is 0 Å². The van der Waals surface area contributed by atoms with Crippen molar-refractivity contribution >= 4 is 38.3 Å². The average molecular weight is 488 g/mol. The molecule has 1 aromatic heterocycles. The summed E-state index contributed by atoms with van der Waals surface area (Å²) in [6.45, 7) is -1.99. The summed E-state index contributed by atoms with van der Waals surface area (Å²) in [5, 5.41) is 3.79. The van der Waals surface area contributed by atoms with Crippen molar-refractivity contribution < 1.29 is 34.8 Å². The number of aromatic nitrogens is 2. The van der Waals surface area contributed by atoms with Crippen LogP contribution in [0.2, 0.25) is 5.02 Å². The molecule has 1 aliphatic heterocycles. The molecule has 0 N–H and O–H groups in total. The molecule has 3 saturated carbocycles. The van der Waals surface area contributed by atoms with Gasteiger partial charge in [-0.1, -0.05) is 17.7 Å². The van der Waals surface area contributed by atoms with Gasteiger partial charge in [0.05, 0.1) is 33.8 Å². The van der Waals surface area contributed by atoms with Gasteiger partial charge in [0.2, 0.25) is 0 Å². The van der Waals surface area contributed by atoms with E-state index < -0.39 is 56.9 Å². The van der Waals surface area contributed by atoms with Crippen molar-refractivity contribution in [1.82, 2.24) is 9.19 Å². The van der Waals surface area contributed by atoms with Crippen molar-refractivity contribution in [2.45, 2.75) is 48.7 Å². The van der Waals surface area contributed by atoms with Crippen LogP contribution < -0.4 is 4.90 Å². The fourth-order valence-electron chi connectivity index (χ4n) is 5.02. The first-order chi connectivity index (χ1) is 14.1. The molecule has 4 fully saturated rings. The molecule has 1 saturated heterocycles. The predicted molar refractivity (Wildman–Crippen MR) is 101 cm³/mol. The molecule has 4 aliphatic rings. The number of rotatable bonds is 4. The summed E-state index contributed by atoms with van der Waals surface area (Å²) >= 11 is 6.15. The Morgan fingerprint density at radius 1 is 1.06 bits per heavy atom. The second-order valence-electron chi connectivity index (χ2n) is 8.95. The van der Waals surface area contributed by atoms with Crippen molar-refractivity contribution in [3.8, 4) is 0 Å². The highest BCUT2D eigenvalue weighted by Gasteiger charge is 2.81. The number of hydrogen-bond acceptors (Lipinski definition) is 4. The molecule has 1 aromatic carbocycles. The van der Waals surface area contributed by atoms with Crippen molar-refractivity contribution in [2.75, 3.05) is 18.0 Å². The molecule has 13 heteroatoms. The molecule has 5 nitrogen and oxygen atoms in total. The maximum Gasteiger partial charge on any atom is 0.329 e. The summed E-state index contributed by atoms with van der Waals surface area (Å²) in [6, 6.07) is 4.07. The van der Waals surface area contributed by atoms with Crippen LogP contribution in [0.15, 0.2) is 18.2 Å². The first kappa shape index (κ1) is 21.2. The van der Waals surface area contributed by atoms with Gasteiger partial charge in [0.15, 0.2) is 5.82 Å². The molecule has 2 bridgehead atoms. The van der Waals surface area contributed by atoms with E-state index in [-0.39, 0.29) is 35.2 Å². The normalized spacial score (nSPS) is 31.5. The lowest BCUT2D eigenvalue weighted by Crippen LogP contribution is -2.76. The van der Waals surface area contributed by atoms with Crippen LogP contribution in [-0.4, -0.2) is 53.2 Å². The van der Waals surface area contributed by atoms with Gasteiger partial charge in [-0.15, -0.1) is 5.10 Å². The van der Waals surface area contributed by atoms with Gasteiger partial charge >= 0.3 is 11.8 Å². The molecule has 0 radical (unpaired) electrons. The largest absolute Gasteiger partial charge is 0.342 e. The Hall–Kier alpha value is -1.69. The van der Waals surface area contributed by atoms with Gasteiger partial charge in [-0.05, 0) is 38.3 Å². The third-order valence-electron chi connectivity index (χ3n) is 6.91. The van der Waals surface area contributed by atoms with E-state index >= 15 is 0 Å². The topological polar surface area (TPSA) is 55.2 Å². The summed E-state index contributed by atoms with van der Waals surface area (Å²) in [5.41, 5.74) is -1.47. The molecule has 31 heavy (non-hydrogen) atoms. The lowest BCUT2D eigenvalue weighted by Gasteiger charge is -2.70. The summed E-state index contributed by atoms with van der Waals surface area (Å²) in [7, 11) is -4.33. The molecule has 0 amide bonds. The van der Waals surface area contributed by atoms with Gasteiger partial charge in [-0.3, -0.25) is 0 Å². The third-order valence-corrected chi connectivity index (χ3v) is 9.48. The quantitative estimate of drug-likeness (QED) is 0.594. The first-order valence-corrected chi connectivity index (χ1v) is 11.2. The Balaban J connectivity index is 1.60. The molecule has 170 valence electrons. The van der Waals surface area contributed by atoms with Crippen LogP contribution in [0.1, 0.15) is 26.2 Å². The number of anilines is 1. The number of alkyl halides is 6. The number of fused-ring (bicyclic) bond motifs is 1. The third kappa shape index (κ3) is 2.46. The van der Waals surface area contributed by atoms with Crippen molar-refractivity contribution in [2.24, 2.45) is 5.41 Å². The number of halogens is 7. The van der Waals surface area contributed by atoms with Crippen LogP contribution >= 0.6 is 11.6 Å². The van der Waals surface area contributed by atoms with Gasteiger partial charge in [0.1, 0.15) is 0 Å². The molecular weight excluding hydrogens is 472 g/mol. The van der Waals surface area contributed by atoms with Gasteiger partial charge in [-0.2, -0.15) is 21.6 Å². The van der Waals surface area contributed by atoms with E-state index in [0.29, 0.717) is 8.99 Å². The fraction of sp³-hybridized carbons (Fsp3) is 0.611. The maximum atomic E-state index is 13.8. The predicted octanol–water partition coefficient (Wildman–Crippen LogP) is 4.54. The summed E-state index contributed by atoms with van der Waals surface area (Å²) < 4.78 is 109. The Morgan fingerprint density at radius 2 is 1.61 bits per heavy atom. The Morgan fingerprint density at radius 3 is 2.13 bits per heavy atom. The maximum absolute atomic E-state index is 13.8. The van der Waals surface area contributed by atoms with Crippen LogP contribution in [0, 0.1) is 5.41 Å². The molecule has 0 unspecified atom stereocenters. The minimum absolute atomic E-state index is 0.0540. The van der Waals surface area contributed by atoms with Crippen LogP contribution in [0.5, 0.6) is 0 Å².